The summed E-state index contributed by atoms with van der Waals surface area (Å²) in [6.45, 7) is 1.07. The number of carbonyl (C=O) groups excluding carboxylic acids is 1. The van der Waals surface area contributed by atoms with Gasteiger partial charge < -0.3 is 10.1 Å². The monoisotopic (exact) mass is 397 g/mol. The molecule has 0 heterocycles. The zero-order chi connectivity index (χ0) is 19.2. The number of hydrogen-bond donors (Lipinski definition) is 2. The Labute approximate surface area is 157 Å². The molecule has 0 spiro atoms. The first kappa shape index (κ1) is 20.2. The third-order valence-electron chi connectivity index (χ3n) is 3.42. The van der Waals surface area contributed by atoms with Gasteiger partial charge in [-0.2, -0.15) is 0 Å². The molecule has 0 atom stereocenters. The summed E-state index contributed by atoms with van der Waals surface area (Å²) < 4.78 is 28.2. The van der Waals surface area contributed by atoms with Gasteiger partial charge in [0.15, 0.2) is 0 Å². The molecular weight excluding hydrogens is 378 g/mol. The summed E-state index contributed by atoms with van der Waals surface area (Å²) in [7, 11) is -2.03. The van der Waals surface area contributed by atoms with Crippen LogP contribution < -0.4 is 15.2 Å². The Bertz CT molecular complexity index is 857. The molecule has 2 rings (SSSR count). The number of sulfonamides is 1. The molecule has 3 N–H and O–H groups in total. The minimum Gasteiger partial charge on any atom is -0.492 e. The van der Waals surface area contributed by atoms with Crippen molar-refractivity contribution in [1.82, 2.24) is 4.90 Å². The lowest BCUT2D eigenvalue weighted by Crippen LogP contribution is -2.33. The fourth-order valence-electron chi connectivity index (χ4n) is 2.13. The highest BCUT2D eigenvalue weighted by molar-refractivity contribution is 7.89. The van der Waals surface area contributed by atoms with E-state index >= 15 is 0 Å². The minimum atomic E-state index is -3.81. The number of primary sulfonamides is 1. The largest absolute Gasteiger partial charge is 0.492 e. The Hall–Kier alpha value is -2.13. The Morgan fingerprint density at radius 3 is 2.58 bits per heavy atom. The Balaban J connectivity index is 1.79. The molecule has 0 saturated heterocycles. The number of rotatable bonds is 8. The second-order valence-electron chi connectivity index (χ2n) is 5.66. The number of halogens is 1. The minimum absolute atomic E-state index is 0.0555. The molecule has 0 aliphatic carbocycles. The molecule has 26 heavy (non-hydrogen) atoms. The van der Waals surface area contributed by atoms with Gasteiger partial charge in [-0.25, -0.2) is 13.6 Å². The number of nitrogens with one attached hydrogen (secondary N) is 1. The van der Waals surface area contributed by atoms with E-state index in [0.717, 1.165) is 0 Å². The van der Waals surface area contributed by atoms with E-state index in [0.29, 0.717) is 29.6 Å². The van der Waals surface area contributed by atoms with E-state index in [-0.39, 0.29) is 17.3 Å². The van der Waals surface area contributed by atoms with Gasteiger partial charge in [0.05, 0.1) is 11.4 Å². The van der Waals surface area contributed by atoms with Crippen LogP contribution in [0.5, 0.6) is 5.75 Å². The molecule has 0 saturated carbocycles. The van der Waals surface area contributed by atoms with Gasteiger partial charge in [0.2, 0.25) is 15.9 Å². The summed E-state index contributed by atoms with van der Waals surface area (Å²) in [5.74, 6) is 0.428. The van der Waals surface area contributed by atoms with Crippen molar-refractivity contribution in [2.75, 3.05) is 32.1 Å². The SMILES string of the molecule is CN(CCOc1ccc(Cl)cc1)CC(=O)Nc1cccc(S(N)(=O)=O)c1. The normalized spacial score (nSPS) is 11.4. The first-order valence-electron chi connectivity index (χ1n) is 7.74. The molecule has 1 amide bonds. The lowest BCUT2D eigenvalue weighted by Gasteiger charge is -2.17. The predicted molar refractivity (Wildman–Crippen MR) is 101 cm³/mol. The average molecular weight is 398 g/mol. The highest BCUT2D eigenvalue weighted by Gasteiger charge is 2.11. The van der Waals surface area contributed by atoms with Crippen LogP contribution in [0.3, 0.4) is 0 Å². The van der Waals surface area contributed by atoms with Gasteiger partial charge >= 0.3 is 0 Å². The van der Waals surface area contributed by atoms with Crippen LogP contribution in [0.15, 0.2) is 53.4 Å². The van der Waals surface area contributed by atoms with Crippen molar-refractivity contribution >= 4 is 33.2 Å². The third-order valence-corrected chi connectivity index (χ3v) is 4.58. The van der Waals surface area contributed by atoms with Gasteiger partial charge in [0.1, 0.15) is 12.4 Å². The van der Waals surface area contributed by atoms with Crippen LogP contribution >= 0.6 is 11.6 Å². The smallest absolute Gasteiger partial charge is 0.238 e. The van der Waals surface area contributed by atoms with Crippen LogP contribution in [0.2, 0.25) is 5.02 Å². The van der Waals surface area contributed by atoms with E-state index in [1.807, 2.05) is 0 Å². The number of ether oxygens (including phenoxy) is 1. The first-order chi connectivity index (χ1) is 12.2. The number of anilines is 1. The summed E-state index contributed by atoms with van der Waals surface area (Å²) in [5.41, 5.74) is 0.368. The maximum atomic E-state index is 12.1. The lowest BCUT2D eigenvalue weighted by atomic mass is 10.3. The number of hydrogen-bond acceptors (Lipinski definition) is 5. The third kappa shape index (κ3) is 6.64. The molecular formula is C17H20ClN3O4S. The molecule has 2 aromatic carbocycles. The predicted octanol–water partition coefficient (Wildman–Crippen LogP) is 1.94. The molecule has 0 aromatic heterocycles. The van der Waals surface area contributed by atoms with Crippen LogP contribution in [0.25, 0.3) is 0 Å². The van der Waals surface area contributed by atoms with Crippen molar-refractivity contribution in [3.05, 3.63) is 53.6 Å². The highest BCUT2D eigenvalue weighted by atomic mass is 35.5. The molecule has 140 valence electrons. The van der Waals surface area contributed by atoms with E-state index in [2.05, 4.69) is 5.32 Å². The molecule has 2 aromatic rings. The quantitative estimate of drug-likeness (QED) is 0.708. The second-order valence-corrected chi connectivity index (χ2v) is 7.66. The van der Waals surface area contributed by atoms with E-state index < -0.39 is 10.0 Å². The van der Waals surface area contributed by atoms with Crippen molar-refractivity contribution in [2.45, 2.75) is 4.90 Å². The summed E-state index contributed by atoms with van der Waals surface area (Å²) in [6.07, 6.45) is 0. The van der Waals surface area contributed by atoms with Crippen LogP contribution in [0.1, 0.15) is 0 Å². The molecule has 0 unspecified atom stereocenters. The number of benzene rings is 2. The number of nitrogens with two attached hydrogens (primary N) is 1. The molecule has 7 nitrogen and oxygen atoms in total. The van der Waals surface area contributed by atoms with Gasteiger partial charge in [-0.3, -0.25) is 9.69 Å². The highest BCUT2D eigenvalue weighted by Crippen LogP contribution is 2.15. The van der Waals surface area contributed by atoms with Gasteiger partial charge in [-0.05, 0) is 49.5 Å². The van der Waals surface area contributed by atoms with Crippen LogP contribution in [0.4, 0.5) is 5.69 Å². The summed E-state index contributed by atoms with van der Waals surface area (Å²) in [5, 5.41) is 8.36. The van der Waals surface area contributed by atoms with Crippen LogP contribution in [0, 0.1) is 0 Å². The fourth-order valence-corrected chi connectivity index (χ4v) is 2.81. The maximum Gasteiger partial charge on any atom is 0.238 e. The van der Waals surface area contributed by atoms with E-state index in [4.69, 9.17) is 21.5 Å². The molecule has 0 fully saturated rings. The number of likely N-dealkylation sites (N-methyl/N-ethyl adjacent to an activating group) is 1. The summed E-state index contributed by atoms with van der Waals surface area (Å²) in [6, 6.07) is 12.8. The fraction of sp³-hybridized carbons (Fsp3) is 0.235. The lowest BCUT2D eigenvalue weighted by molar-refractivity contribution is -0.117. The number of nitrogens with zero attached hydrogens (tertiary/aromatic N) is 1. The van der Waals surface area contributed by atoms with Crippen molar-refractivity contribution < 1.29 is 17.9 Å². The Kier molecular flexibility index (Phi) is 6.98. The Morgan fingerprint density at radius 1 is 1.23 bits per heavy atom. The van der Waals surface area contributed by atoms with E-state index in [1.165, 1.54) is 18.2 Å². The standard InChI is InChI=1S/C17H20ClN3O4S/c1-21(9-10-25-15-7-5-13(18)6-8-15)12-17(22)20-14-3-2-4-16(11-14)26(19,23)24/h2-8,11H,9-10,12H2,1H3,(H,20,22)(H2,19,23,24). The van der Waals surface area contributed by atoms with Crippen molar-refractivity contribution in [3.63, 3.8) is 0 Å². The van der Waals surface area contributed by atoms with Gasteiger partial charge in [0.25, 0.3) is 0 Å². The average Bonchev–Trinajstić information content (AvgIpc) is 2.56. The topological polar surface area (TPSA) is 102 Å². The zero-order valence-electron chi connectivity index (χ0n) is 14.2. The van der Waals surface area contributed by atoms with E-state index in [9.17, 15) is 13.2 Å². The first-order valence-corrected chi connectivity index (χ1v) is 9.66. The molecule has 0 radical (unpaired) electrons. The van der Waals surface area contributed by atoms with E-state index in [1.54, 1.807) is 42.3 Å². The van der Waals surface area contributed by atoms with Crippen LogP contribution in [-0.2, 0) is 14.8 Å². The van der Waals surface area contributed by atoms with Crippen molar-refractivity contribution in [2.24, 2.45) is 5.14 Å². The summed E-state index contributed by atoms with van der Waals surface area (Å²) in [4.78, 5) is 13.8. The zero-order valence-corrected chi connectivity index (χ0v) is 15.8. The Morgan fingerprint density at radius 2 is 1.92 bits per heavy atom. The van der Waals surface area contributed by atoms with Gasteiger partial charge in [-0.15, -0.1) is 0 Å². The number of carbonyl (C=O) groups is 1. The van der Waals surface area contributed by atoms with Gasteiger partial charge in [-0.1, -0.05) is 17.7 Å². The molecule has 0 bridgehead atoms. The molecule has 9 heteroatoms. The second kappa shape index (κ2) is 9.00. The molecule has 0 aliphatic rings. The van der Waals surface area contributed by atoms with Crippen molar-refractivity contribution in [3.8, 4) is 5.75 Å². The molecule has 0 aliphatic heterocycles. The van der Waals surface area contributed by atoms with Crippen LogP contribution in [-0.4, -0.2) is 46.0 Å². The van der Waals surface area contributed by atoms with Crippen molar-refractivity contribution in [1.29, 1.82) is 0 Å². The maximum absolute atomic E-state index is 12.1. The summed E-state index contributed by atoms with van der Waals surface area (Å²) >= 11 is 5.81. The van der Waals surface area contributed by atoms with Gasteiger partial charge in [0, 0.05) is 17.3 Å². The number of amides is 1.